The molecule has 0 aliphatic carbocycles. The van der Waals surface area contributed by atoms with Crippen LogP contribution in [0.3, 0.4) is 0 Å². The molecule has 3 aliphatic rings. The lowest BCUT2D eigenvalue weighted by molar-refractivity contribution is -0.494. The van der Waals surface area contributed by atoms with Crippen molar-refractivity contribution in [1.82, 2.24) is 4.57 Å². The van der Waals surface area contributed by atoms with E-state index < -0.39 is 0 Å². The largest absolute Gasteiger partial charge is 0.543 e. The van der Waals surface area contributed by atoms with Gasteiger partial charge in [0, 0.05) is 27.8 Å². The summed E-state index contributed by atoms with van der Waals surface area (Å²) in [5.41, 5.74) is 9.43. The molecule has 10 rings (SSSR count). The zero-order chi connectivity index (χ0) is 23.1. The predicted octanol–water partition coefficient (Wildman–Crippen LogP) is 6.13. The third kappa shape index (κ3) is 1.79. The summed E-state index contributed by atoms with van der Waals surface area (Å²) >= 11 is 0. The number of aromatic nitrogens is 2. The second kappa shape index (κ2) is 5.80. The maximum atomic E-state index is 2.62. The van der Waals surface area contributed by atoms with Crippen LogP contribution in [0.4, 0.5) is 11.4 Å². The third-order valence-electron chi connectivity index (χ3n) is 8.78. The van der Waals surface area contributed by atoms with Gasteiger partial charge in [-0.3, -0.25) is 4.48 Å². The molecule has 0 unspecified atom stereocenters. The van der Waals surface area contributed by atoms with Gasteiger partial charge in [0.2, 0.25) is 0 Å². The molecule has 6 aromatic carbocycles. The van der Waals surface area contributed by atoms with Crippen molar-refractivity contribution in [1.29, 1.82) is 0 Å². The molecule has 3 aliphatic heterocycles. The Morgan fingerprint density at radius 2 is 1.31 bits per heavy atom. The summed E-state index contributed by atoms with van der Waals surface area (Å²) in [6.45, 7) is 0.993. The second-order valence-electron chi connectivity index (χ2n) is 10.3. The van der Waals surface area contributed by atoms with Crippen molar-refractivity contribution in [3.05, 3.63) is 109 Å². The van der Waals surface area contributed by atoms with Gasteiger partial charge in [0.15, 0.2) is 11.0 Å². The van der Waals surface area contributed by atoms with Crippen LogP contribution in [0.5, 0.6) is 0 Å². The molecule has 164 valence electrons. The van der Waals surface area contributed by atoms with E-state index in [1.165, 1.54) is 77.1 Å². The molecule has 0 atom stereocenters. The molecule has 0 amide bonds. The fourth-order valence-electron chi connectivity index (χ4n) is 7.52. The van der Waals surface area contributed by atoms with E-state index in [1.807, 2.05) is 0 Å². The lowest BCUT2D eigenvalue weighted by Gasteiger charge is -2.38. The minimum Gasteiger partial charge on any atom is -0.338 e. The minimum absolute atomic E-state index is 0.0648. The topological polar surface area (TPSA) is 12.1 Å². The molecule has 0 radical (unpaired) electrons. The average Bonchev–Trinajstić information content (AvgIpc) is 3.48. The molecule has 3 nitrogen and oxygen atoms in total. The Hall–Kier alpha value is -4.57. The Morgan fingerprint density at radius 3 is 2.19 bits per heavy atom. The van der Waals surface area contributed by atoms with E-state index >= 15 is 0 Å². The zero-order valence-electron chi connectivity index (χ0n) is 19.4. The summed E-state index contributed by atoms with van der Waals surface area (Å²) in [4.78, 5) is 2.62. The summed E-state index contributed by atoms with van der Waals surface area (Å²) in [7, 11) is 0. The minimum atomic E-state index is 0.0648. The molecule has 7 aromatic rings. The highest BCUT2D eigenvalue weighted by atomic mass is 15.3. The Morgan fingerprint density at radius 1 is 0.611 bits per heavy atom. The van der Waals surface area contributed by atoms with Crippen LogP contribution in [0.25, 0.3) is 54.7 Å². The maximum Gasteiger partial charge on any atom is 0.543 e. The van der Waals surface area contributed by atoms with Gasteiger partial charge in [-0.2, -0.15) is 0 Å². The Kier molecular flexibility index (Phi) is 2.87. The quantitative estimate of drug-likeness (QED) is 0.198. The van der Waals surface area contributed by atoms with Crippen LogP contribution in [0.1, 0.15) is 5.56 Å². The first-order chi connectivity index (χ1) is 17.9. The number of hydrogen-bond acceptors (Lipinski definition) is 1. The molecular formula is C32H19BN3+. The van der Waals surface area contributed by atoms with E-state index in [1.54, 1.807) is 0 Å². The van der Waals surface area contributed by atoms with Crippen molar-refractivity contribution in [2.24, 2.45) is 0 Å². The van der Waals surface area contributed by atoms with Crippen LogP contribution in [0.15, 0.2) is 103 Å². The van der Waals surface area contributed by atoms with Gasteiger partial charge in [-0.1, -0.05) is 78.9 Å². The van der Waals surface area contributed by atoms with Crippen LogP contribution >= 0.6 is 0 Å². The number of benzene rings is 6. The van der Waals surface area contributed by atoms with Gasteiger partial charge >= 0.3 is 6.98 Å². The summed E-state index contributed by atoms with van der Waals surface area (Å²) in [6.07, 6.45) is 0. The van der Waals surface area contributed by atoms with E-state index in [4.69, 9.17) is 0 Å². The highest BCUT2D eigenvalue weighted by Crippen LogP contribution is 2.50. The van der Waals surface area contributed by atoms with Crippen molar-refractivity contribution in [3.63, 3.8) is 0 Å². The molecule has 0 spiro atoms. The highest BCUT2D eigenvalue weighted by molar-refractivity contribution is 6.77. The van der Waals surface area contributed by atoms with Gasteiger partial charge in [-0.15, -0.1) is 0 Å². The van der Waals surface area contributed by atoms with Crippen LogP contribution in [0.2, 0.25) is 0 Å². The number of hydrogen-bond donors (Lipinski definition) is 0. The third-order valence-corrected chi connectivity index (χ3v) is 8.78. The molecule has 0 N–H and O–H groups in total. The van der Waals surface area contributed by atoms with Gasteiger partial charge in [0.25, 0.3) is 5.82 Å². The maximum absolute atomic E-state index is 2.62. The van der Waals surface area contributed by atoms with Crippen LogP contribution in [-0.2, 0) is 6.54 Å². The number of anilines is 2. The van der Waals surface area contributed by atoms with Gasteiger partial charge in [0.1, 0.15) is 6.54 Å². The van der Waals surface area contributed by atoms with E-state index in [2.05, 4.69) is 117 Å². The number of fused-ring (bicyclic) bond motifs is 11. The summed E-state index contributed by atoms with van der Waals surface area (Å²) in [6, 6.07) is 38.5. The molecule has 0 fully saturated rings. The first-order valence-corrected chi connectivity index (χ1v) is 12.7. The van der Waals surface area contributed by atoms with Gasteiger partial charge in [-0.05, 0) is 51.2 Å². The summed E-state index contributed by atoms with van der Waals surface area (Å²) < 4.78 is 5.14. The van der Waals surface area contributed by atoms with E-state index in [-0.39, 0.29) is 6.98 Å². The Labute approximate surface area is 207 Å². The van der Waals surface area contributed by atoms with Crippen LogP contribution < -0.4 is 14.8 Å². The normalized spacial score (nSPS) is 14.4. The van der Waals surface area contributed by atoms with E-state index in [0.29, 0.717) is 0 Å². The summed E-state index contributed by atoms with van der Waals surface area (Å²) in [5.74, 6) is 1.34. The molecule has 4 heterocycles. The standard InChI is InChI=1S/C32H19BN3/c1-2-10-21-20(9-1)22-11-6-13-24-30(22)31-23(21)12-7-17-28(31)35-27-16-5-8-19-18-34-25-14-3-4-15-26(25)36(33(24)35)32(34)29(19)27/h1-17H,18H2/q+1. The van der Waals surface area contributed by atoms with Gasteiger partial charge < -0.3 is 4.81 Å². The SMILES string of the molecule is c1cc2c3c(c1)N1B(c4cccc5c6ccccc6c6cccc1c6c45)[n+]1c-3n(c3ccccc31)C2. The molecule has 0 bridgehead atoms. The van der Waals surface area contributed by atoms with Crippen LogP contribution in [-0.4, -0.2) is 11.5 Å². The van der Waals surface area contributed by atoms with Crippen molar-refractivity contribution in [2.45, 2.75) is 6.54 Å². The molecule has 0 saturated heterocycles. The summed E-state index contributed by atoms with van der Waals surface area (Å²) in [5, 5.41) is 8.13. The van der Waals surface area contributed by atoms with Crippen molar-refractivity contribution < 1.29 is 4.48 Å². The molecule has 36 heavy (non-hydrogen) atoms. The van der Waals surface area contributed by atoms with Crippen molar-refractivity contribution in [2.75, 3.05) is 4.81 Å². The lowest BCUT2D eigenvalue weighted by Crippen LogP contribution is -2.70. The van der Waals surface area contributed by atoms with Gasteiger partial charge in [0.05, 0.1) is 5.56 Å². The van der Waals surface area contributed by atoms with E-state index in [0.717, 1.165) is 6.54 Å². The number of nitrogens with zero attached hydrogens (tertiary/aromatic N) is 3. The first kappa shape index (κ1) is 17.8. The predicted molar refractivity (Wildman–Crippen MR) is 149 cm³/mol. The smallest absolute Gasteiger partial charge is 0.338 e. The molecule has 0 saturated carbocycles. The van der Waals surface area contributed by atoms with Crippen molar-refractivity contribution in [3.8, 4) is 11.4 Å². The number of para-hydroxylation sites is 2. The van der Waals surface area contributed by atoms with E-state index in [9.17, 15) is 0 Å². The second-order valence-corrected chi connectivity index (χ2v) is 10.3. The first-order valence-electron chi connectivity index (χ1n) is 12.7. The molecule has 1 aromatic heterocycles. The monoisotopic (exact) mass is 456 g/mol. The average molecular weight is 456 g/mol. The fraction of sp³-hybridized carbons (Fsp3) is 0.0312. The Bertz CT molecular complexity index is 2160. The molecular weight excluding hydrogens is 437 g/mol. The number of imidazole rings is 1. The van der Waals surface area contributed by atoms with Crippen LogP contribution in [0, 0.1) is 0 Å². The van der Waals surface area contributed by atoms with Crippen molar-refractivity contribution >= 4 is 67.2 Å². The lowest BCUT2D eigenvalue weighted by atomic mass is 9.58. The highest BCUT2D eigenvalue weighted by Gasteiger charge is 2.52. The molecule has 4 heteroatoms. The zero-order valence-corrected chi connectivity index (χ0v) is 19.4. The van der Waals surface area contributed by atoms with Gasteiger partial charge in [-0.25, -0.2) is 4.57 Å². The fourth-order valence-corrected chi connectivity index (χ4v) is 7.52. The Balaban J connectivity index is 1.50. The number of rotatable bonds is 0.